The van der Waals surface area contributed by atoms with Crippen molar-refractivity contribution in [3.05, 3.63) is 28.8 Å². The summed E-state index contributed by atoms with van der Waals surface area (Å²) in [6.45, 7) is 6.69. The molecular formula is C13H18O2. The summed E-state index contributed by atoms with van der Waals surface area (Å²) in [6, 6.07) is 3.95. The van der Waals surface area contributed by atoms with E-state index in [4.69, 9.17) is 4.74 Å². The minimum absolute atomic E-state index is 0.636. The van der Waals surface area contributed by atoms with Crippen LogP contribution in [0, 0.1) is 0 Å². The normalized spacial score (nSPS) is 10.1. The largest absolute Gasteiger partial charge is 0.494 e. The first-order valence-electron chi connectivity index (χ1n) is 5.51. The van der Waals surface area contributed by atoms with Gasteiger partial charge in [-0.2, -0.15) is 0 Å². The molecule has 15 heavy (non-hydrogen) atoms. The second-order valence-electron chi connectivity index (χ2n) is 3.37. The fourth-order valence-corrected chi connectivity index (χ4v) is 1.80. The Morgan fingerprint density at radius 3 is 2.40 bits per heavy atom. The minimum Gasteiger partial charge on any atom is -0.494 e. The first-order valence-corrected chi connectivity index (χ1v) is 5.51. The molecule has 0 bridgehead atoms. The van der Waals surface area contributed by atoms with Gasteiger partial charge >= 0.3 is 0 Å². The van der Waals surface area contributed by atoms with Crippen LogP contribution in [-0.4, -0.2) is 12.9 Å². The van der Waals surface area contributed by atoms with Crippen molar-refractivity contribution in [2.75, 3.05) is 6.61 Å². The topological polar surface area (TPSA) is 26.3 Å². The SMILES string of the molecule is CCOc1ccc(CC)c(C=O)c1CC. The van der Waals surface area contributed by atoms with Gasteiger partial charge in [-0.1, -0.05) is 19.9 Å². The number of aryl methyl sites for hydroxylation is 1. The van der Waals surface area contributed by atoms with Crippen LogP contribution in [0.15, 0.2) is 12.1 Å². The quantitative estimate of drug-likeness (QED) is 0.692. The first-order chi connectivity index (χ1) is 7.28. The summed E-state index contributed by atoms with van der Waals surface area (Å²) in [6.07, 6.45) is 2.66. The van der Waals surface area contributed by atoms with Crippen molar-refractivity contribution < 1.29 is 9.53 Å². The van der Waals surface area contributed by atoms with Crippen LogP contribution in [0.3, 0.4) is 0 Å². The molecule has 0 radical (unpaired) electrons. The molecule has 1 rings (SSSR count). The van der Waals surface area contributed by atoms with Crippen molar-refractivity contribution in [1.82, 2.24) is 0 Å². The Bertz CT molecular complexity index is 343. The van der Waals surface area contributed by atoms with Gasteiger partial charge in [-0.05, 0) is 31.4 Å². The number of aldehydes is 1. The van der Waals surface area contributed by atoms with E-state index in [0.717, 1.165) is 41.6 Å². The zero-order valence-corrected chi connectivity index (χ0v) is 9.67. The van der Waals surface area contributed by atoms with Crippen LogP contribution in [-0.2, 0) is 12.8 Å². The number of ether oxygens (including phenoxy) is 1. The third-order valence-corrected chi connectivity index (χ3v) is 2.56. The molecule has 0 fully saturated rings. The van der Waals surface area contributed by atoms with E-state index in [-0.39, 0.29) is 0 Å². The molecule has 0 amide bonds. The molecule has 0 aromatic heterocycles. The van der Waals surface area contributed by atoms with Crippen molar-refractivity contribution in [2.24, 2.45) is 0 Å². The molecule has 0 N–H and O–H groups in total. The Hall–Kier alpha value is -1.31. The lowest BCUT2D eigenvalue weighted by Crippen LogP contribution is -2.02. The highest BCUT2D eigenvalue weighted by Crippen LogP contribution is 2.25. The Morgan fingerprint density at radius 2 is 1.93 bits per heavy atom. The zero-order valence-electron chi connectivity index (χ0n) is 9.67. The molecule has 0 saturated carbocycles. The summed E-state index contributed by atoms with van der Waals surface area (Å²) in [7, 11) is 0. The standard InChI is InChI=1S/C13H18O2/c1-4-10-7-8-13(15-6-3)11(5-2)12(10)9-14/h7-9H,4-6H2,1-3H3. The molecule has 1 aromatic rings. The lowest BCUT2D eigenvalue weighted by molar-refractivity contribution is 0.112. The predicted molar refractivity (Wildman–Crippen MR) is 61.8 cm³/mol. The summed E-state index contributed by atoms with van der Waals surface area (Å²) in [5.74, 6) is 0.847. The zero-order chi connectivity index (χ0) is 11.3. The van der Waals surface area contributed by atoms with E-state index in [2.05, 4.69) is 6.92 Å². The highest BCUT2D eigenvalue weighted by Gasteiger charge is 2.10. The van der Waals surface area contributed by atoms with Gasteiger partial charge < -0.3 is 4.74 Å². The van der Waals surface area contributed by atoms with Gasteiger partial charge in [0.2, 0.25) is 0 Å². The molecule has 0 atom stereocenters. The molecule has 0 aliphatic rings. The smallest absolute Gasteiger partial charge is 0.150 e. The molecule has 1 aromatic carbocycles. The molecule has 0 saturated heterocycles. The fourth-order valence-electron chi connectivity index (χ4n) is 1.80. The molecule has 82 valence electrons. The molecule has 2 heteroatoms. The van der Waals surface area contributed by atoms with E-state index in [1.165, 1.54) is 0 Å². The van der Waals surface area contributed by atoms with Crippen LogP contribution >= 0.6 is 0 Å². The number of carbonyl (C=O) groups is 1. The van der Waals surface area contributed by atoms with Crippen molar-refractivity contribution in [1.29, 1.82) is 0 Å². The maximum atomic E-state index is 11.1. The molecule has 2 nitrogen and oxygen atoms in total. The fraction of sp³-hybridized carbons (Fsp3) is 0.462. The molecule has 0 unspecified atom stereocenters. The van der Waals surface area contributed by atoms with Crippen molar-refractivity contribution in [2.45, 2.75) is 33.6 Å². The minimum atomic E-state index is 0.636. The van der Waals surface area contributed by atoms with Crippen LogP contribution in [0.25, 0.3) is 0 Å². The maximum Gasteiger partial charge on any atom is 0.150 e. The summed E-state index contributed by atoms with van der Waals surface area (Å²) < 4.78 is 5.51. The van der Waals surface area contributed by atoms with Crippen LogP contribution in [0.2, 0.25) is 0 Å². The van der Waals surface area contributed by atoms with Gasteiger partial charge in [-0.15, -0.1) is 0 Å². The van der Waals surface area contributed by atoms with E-state index in [1.807, 2.05) is 26.0 Å². The van der Waals surface area contributed by atoms with Gasteiger partial charge in [0.15, 0.2) is 6.29 Å². The van der Waals surface area contributed by atoms with Gasteiger partial charge in [0.05, 0.1) is 6.61 Å². The molecule has 0 aliphatic carbocycles. The number of benzene rings is 1. The van der Waals surface area contributed by atoms with Gasteiger partial charge in [0, 0.05) is 11.1 Å². The van der Waals surface area contributed by atoms with Crippen LogP contribution < -0.4 is 4.74 Å². The average molecular weight is 206 g/mol. The average Bonchev–Trinajstić information content (AvgIpc) is 2.28. The molecular weight excluding hydrogens is 188 g/mol. The Kier molecular flexibility index (Phi) is 4.35. The van der Waals surface area contributed by atoms with Gasteiger partial charge in [0.1, 0.15) is 5.75 Å². The third-order valence-electron chi connectivity index (χ3n) is 2.56. The van der Waals surface area contributed by atoms with Crippen molar-refractivity contribution >= 4 is 6.29 Å². The monoisotopic (exact) mass is 206 g/mol. The molecule has 0 heterocycles. The van der Waals surface area contributed by atoms with Crippen LogP contribution in [0.5, 0.6) is 5.75 Å². The van der Waals surface area contributed by atoms with E-state index in [1.54, 1.807) is 0 Å². The number of carbonyl (C=O) groups excluding carboxylic acids is 1. The van der Waals surface area contributed by atoms with E-state index in [9.17, 15) is 4.79 Å². The summed E-state index contributed by atoms with van der Waals surface area (Å²) >= 11 is 0. The van der Waals surface area contributed by atoms with Gasteiger partial charge in [-0.3, -0.25) is 4.79 Å². The lowest BCUT2D eigenvalue weighted by atomic mass is 9.97. The van der Waals surface area contributed by atoms with E-state index >= 15 is 0 Å². The van der Waals surface area contributed by atoms with Gasteiger partial charge in [-0.25, -0.2) is 0 Å². The van der Waals surface area contributed by atoms with E-state index < -0.39 is 0 Å². The van der Waals surface area contributed by atoms with Gasteiger partial charge in [0.25, 0.3) is 0 Å². The number of hydrogen-bond acceptors (Lipinski definition) is 2. The van der Waals surface area contributed by atoms with Crippen molar-refractivity contribution in [3.63, 3.8) is 0 Å². The summed E-state index contributed by atoms with van der Waals surface area (Å²) in [4.78, 5) is 11.1. The lowest BCUT2D eigenvalue weighted by Gasteiger charge is -2.13. The molecule has 0 spiro atoms. The van der Waals surface area contributed by atoms with Crippen molar-refractivity contribution in [3.8, 4) is 5.75 Å². The third kappa shape index (κ3) is 2.38. The first kappa shape index (κ1) is 11.8. The molecule has 0 aliphatic heterocycles. The van der Waals surface area contributed by atoms with Crippen LogP contribution in [0.4, 0.5) is 0 Å². The highest BCUT2D eigenvalue weighted by molar-refractivity contribution is 5.81. The second kappa shape index (κ2) is 5.54. The predicted octanol–water partition coefficient (Wildman–Crippen LogP) is 3.02. The second-order valence-corrected chi connectivity index (χ2v) is 3.37. The van der Waals surface area contributed by atoms with Crippen LogP contribution in [0.1, 0.15) is 42.3 Å². The highest BCUT2D eigenvalue weighted by atomic mass is 16.5. The Labute approximate surface area is 91.3 Å². The number of rotatable bonds is 5. The Balaban J connectivity index is 3.27. The summed E-state index contributed by atoms with van der Waals surface area (Å²) in [5, 5.41) is 0. The number of hydrogen-bond donors (Lipinski definition) is 0. The van der Waals surface area contributed by atoms with E-state index in [0.29, 0.717) is 6.61 Å². The maximum absolute atomic E-state index is 11.1. The Morgan fingerprint density at radius 1 is 1.20 bits per heavy atom. The summed E-state index contributed by atoms with van der Waals surface area (Å²) in [5.41, 5.74) is 2.95.